The number of nitrogens with zero attached hydrogens (tertiary/aromatic N) is 1. The predicted octanol–water partition coefficient (Wildman–Crippen LogP) is -1.37. The second-order valence-corrected chi connectivity index (χ2v) is 7.21. The van der Waals surface area contributed by atoms with Gasteiger partial charge in [0, 0.05) is 13.6 Å². The molecule has 0 aliphatic heterocycles. The number of nitrogens with one attached hydrogen (secondary N) is 2. The van der Waals surface area contributed by atoms with Gasteiger partial charge >= 0.3 is 6.03 Å². The average Bonchev–Trinajstić information content (AvgIpc) is 2.33. The minimum absolute atomic E-state index is 0.216. The molecule has 0 aromatic rings. The molecule has 0 aromatic carbocycles. The summed E-state index contributed by atoms with van der Waals surface area (Å²) in [5.74, 6) is 5.14. The fraction of sp³-hybridized carbons (Fsp3) is 0.750. The summed E-state index contributed by atoms with van der Waals surface area (Å²) in [5, 5.41) is 16.6. The highest BCUT2D eigenvalue weighted by atomic mass is 31.1. The van der Waals surface area contributed by atoms with E-state index in [1.54, 1.807) is 14.0 Å². The zero-order valence-electron chi connectivity index (χ0n) is 12.9. The maximum absolute atomic E-state index is 12.1. The van der Waals surface area contributed by atoms with Crippen LogP contribution in [0.3, 0.4) is 0 Å². The minimum Gasteiger partial charge on any atom is -0.389 e. The number of carbonyl (C=O) groups excluding carboxylic acids is 2. The largest absolute Gasteiger partial charge is 0.389 e. The van der Waals surface area contributed by atoms with Crippen molar-refractivity contribution in [3.63, 3.8) is 0 Å². The zero-order valence-corrected chi connectivity index (χ0v) is 13.8. The topological polar surface area (TPSA) is 134 Å². The molecule has 0 heterocycles. The van der Waals surface area contributed by atoms with E-state index in [2.05, 4.69) is 16.9 Å². The molecule has 0 saturated heterocycles. The van der Waals surface area contributed by atoms with Crippen molar-refractivity contribution < 1.29 is 14.7 Å². The number of hydrazine groups is 1. The number of aliphatic hydroxyl groups excluding tert-OH is 1. The molecule has 0 radical (unpaired) electrons. The number of nitrogens with two attached hydrogens (primary N) is 2. The summed E-state index contributed by atoms with van der Waals surface area (Å²) < 4.78 is 0. The lowest BCUT2D eigenvalue weighted by atomic mass is 10.1. The van der Waals surface area contributed by atoms with Crippen LogP contribution in [-0.4, -0.2) is 73.0 Å². The maximum Gasteiger partial charge on any atom is 0.312 e. The quantitative estimate of drug-likeness (QED) is 0.203. The van der Waals surface area contributed by atoms with Crippen LogP contribution in [0.25, 0.3) is 0 Å². The number of primary amides is 1. The normalized spacial score (nSPS) is 16.0. The average molecular weight is 320 g/mol. The van der Waals surface area contributed by atoms with Crippen molar-refractivity contribution >= 4 is 25.8 Å². The van der Waals surface area contributed by atoms with Crippen molar-refractivity contribution in [1.82, 2.24) is 15.6 Å². The summed E-state index contributed by atoms with van der Waals surface area (Å²) in [6.45, 7) is 3.92. The monoisotopic (exact) mass is 320 g/mol. The summed E-state index contributed by atoms with van der Waals surface area (Å²) in [5.41, 5.74) is 5.03. The highest BCUT2D eigenvalue weighted by molar-refractivity contribution is 7.55. The van der Waals surface area contributed by atoms with Crippen molar-refractivity contribution in [2.75, 3.05) is 26.4 Å². The van der Waals surface area contributed by atoms with Crippen LogP contribution in [0.4, 0.5) is 4.79 Å². The Morgan fingerprint density at radius 1 is 1.43 bits per heavy atom. The summed E-state index contributed by atoms with van der Waals surface area (Å²) in [6, 6.07) is -1.95. The first-order chi connectivity index (χ1) is 9.67. The number of rotatable bonds is 9. The van der Waals surface area contributed by atoms with E-state index in [9.17, 15) is 14.7 Å². The Kier molecular flexibility index (Phi) is 9.12. The number of urea groups is 1. The molecule has 0 rings (SSSR count). The molecule has 3 amide bonds. The van der Waals surface area contributed by atoms with Gasteiger partial charge in [-0.05, 0) is 6.42 Å². The Morgan fingerprint density at radius 2 is 2.00 bits per heavy atom. The molecule has 0 saturated carbocycles. The van der Waals surface area contributed by atoms with Crippen molar-refractivity contribution in [1.29, 1.82) is 0 Å². The summed E-state index contributed by atoms with van der Waals surface area (Å²) >= 11 is 0. The smallest absolute Gasteiger partial charge is 0.312 e. The third-order valence-electron chi connectivity index (χ3n) is 2.82. The molecule has 0 aromatic heterocycles. The third-order valence-corrected chi connectivity index (χ3v) is 3.83. The van der Waals surface area contributed by atoms with Crippen LogP contribution in [0.15, 0.2) is 0 Å². The fourth-order valence-electron chi connectivity index (χ4n) is 1.83. The molecular weight excluding hydrogens is 293 g/mol. The molecule has 21 heavy (non-hydrogen) atoms. The molecule has 0 bridgehead atoms. The van der Waals surface area contributed by atoms with Crippen molar-refractivity contribution in [3.05, 3.63) is 0 Å². The summed E-state index contributed by atoms with van der Waals surface area (Å²) in [4.78, 5) is 23.0. The van der Waals surface area contributed by atoms with Gasteiger partial charge in [0.2, 0.25) is 5.91 Å². The molecule has 0 spiro atoms. The SMILES string of the molecule is C=[P+](C)CC(NC(=O)C(CC)NC(N)=O)C(O)CN(C)N. The van der Waals surface area contributed by atoms with Crippen molar-refractivity contribution in [3.8, 4) is 0 Å². The Hall–Kier alpha value is -1.21. The van der Waals surface area contributed by atoms with Gasteiger partial charge in [0.05, 0.1) is 32.7 Å². The number of hydrogen-bond acceptors (Lipinski definition) is 5. The number of carbonyl (C=O) groups is 2. The first-order valence-electron chi connectivity index (χ1n) is 6.69. The van der Waals surface area contributed by atoms with Crippen LogP contribution in [0.5, 0.6) is 0 Å². The van der Waals surface area contributed by atoms with E-state index < -0.39 is 31.8 Å². The standard InChI is InChI=1S/C12H26N5O3P/c1-5-8(16-12(13)20)11(19)15-9(7-21(3)4)10(18)6-17(2)14/h8-10,18H,3,5-7,14H2,1-2,4H3,(H3-,13,15,16,19,20)/p+1. The summed E-state index contributed by atoms with van der Waals surface area (Å²) in [6.07, 6.45) is 4.07. The molecule has 0 aliphatic rings. The molecular formula is C12H27N5O3P+. The Bertz CT molecular complexity index is 378. The first kappa shape index (κ1) is 19.8. The van der Waals surface area contributed by atoms with E-state index in [0.717, 1.165) is 0 Å². The van der Waals surface area contributed by atoms with Gasteiger partial charge in [-0.2, -0.15) is 0 Å². The van der Waals surface area contributed by atoms with Crippen LogP contribution in [0, 0.1) is 0 Å². The zero-order chi connectivity index (χ0) is 16.6. The van der Waals surface area contributed by atoms with Crippen LogP contribution in [0.2, 0.25) is 0 Å². The highest BCUT2D eigenvalue weighted by Gasteiger charge is 2.28. The van der Waals surface area contributed by atoms with Crippen LogP contribution < -0.4 is 22.2 Å². The second-order valence-electron chi connectivity index (χ2n) is 5.13. The van der Waals surface area contributed by atoms with E-state index in [-0.39, 0.29) is 12.5 Å². The molecule has 7 N–H and O–H groups in total. The number of hydrogen-bond donors (Lipinski definition) is 5. The Balaban J connectivity index is 4.81. The van der Waals surface area contributed by atoms with E-state index >= 15 is 0 Å². The highest BCUT2D eigenvalue weighted by Crippen LogP contribution is 2.16. The molecule has 4 unspecified atom stereocenters. The third kappa shape index (κ3) is 8.62. The lowest BCUT2D eigenvalue weighted by Crippen LogP contribution is -2.55. The van der Waals surface area contributed by atoms with Crippen LogP contribution >= 0.6 is 7.55 Å². The van der Waals surface area contributed by atoms with E-state index in [1.807, 2.05) is 6.66 Å². The van der Waals surface area contributed by atoms with Gasteiger partial charge in [0.25, 0.3) is 0 Å². The fourth-order valence-corrected chi connectivity index (χ4v) is 2.84. The minimum atomic E-state index is -0.818. The van der Waals surface area contributed by atoms with Gasteiger partial charge < -0.3 is 21.5 Å². The lowest BCUT2D eigenvalue weighted by Gasteiger charge is -2.26. The van der Waals surface area contributed by atoms with Crippen LogP contribution in [0.1, 0.15) is 13.3 Å². The lowest BCUT2D eigenvalue weighted by molar-refractivity contribution is -0.124. The van der Waals surface area contributed by atoms with Gasteiger partial charge in [0.1, 0.15) is 12.2 Å². The predicted molar refractivity (Wildman–Crippen MR) is 86.4 cm³/mol. The molecule has 9 heteroatoms. The maximum atomic E-state index is 12.1. The van der Waals surface area contributed by atoms with E-state index in [1.165, 1.54) is 5.01 Å². The van der Waals surface area contributed by atoms with Gasteiger partial charge in [-0.25, -0.2) is 9.80 Å². The first-order valence-corrected chi connectivity index (χ1v) is 8.85. The van der Waals surface area contributed by atoms with Crippen LogP contribution in [-0.2, 0) is 4.79 Å². The van der Waals surface area contributed by atoms with Gasteiger partial charge in [-0.15, -0.1) is 0 Å². The molecule has 122 valence electrons. The van der Waals surface area contributed by atoms with E-state index in [0.29, 0.717) is 12.6 Å². The van der Waals surface area contributed by atoms with Gasteiger partial charge in [-0.3, -0.25) is 10.6 Å². The molecule has 0 fully saturated rings. The molecule has 0 aliphatic carbocycles. The molecule has 4 atom stereocenters. The number of likely N-dealkylation sites (N-methyl/N-ethyl adjacent to an activating group) is 1. The van der Waals surface area contributed by atoms with Crippen molar-refractivity contribution in [2.24, 2.45) is 11.6 Å². The number of amides is 3. The summed E-state index contributed by atoms with van der Waals surface area (Å²) in [7, 11) is 1.07. The van der Waals surface area contributed by atoms with Gasteiger partial charge in [-0.1, -0.05) is 6.92 Å². The number of aliphatic hydroxyl groups is 1. The Labute approximate surface area is 126 Å². The Morgan fingerprint density at radius 3 is 2.38 bits per heavy atom. The second kappa shape index (κ2) is 9.68. The van der Waals surface area contributed by atoms with Crippen molar-refractivity contribution in [2.45, 2.75) is 31.5 Å². The van der Waals surface area contributed by atoms with Gasteiger partial charge in [0.15, 0.2) is 0 Å². The molecule has 8 nitrogen and oxygen atoms in total. The van der Waals surface area contributed by atoms with E-state index in [4.69, 9.17) is 11.6 Å².